The van der Waals surface area contributed by atoms with E-state index in [1.807, 2.05) is 0 Å². The van der Waals surface area contributed by atoms with Crippen LogP contribution in [-0.2, 0) is 9.30 Å². The van der Waals surface area contributed by atoms with Gasteiger partial charge in [-0.25, -0.2) is 4.57 Å². The number of unbranched alkanes of at least 4 members (excludes halogenated alkanes) is 18. The summed E-state index contributed by atoms with van der Waals surface area (Å²) in [5.74, 6) is 0. The van der Waals surface area contributed by atoms with Crippen LogP contribution in [-0.4, -0.2) is 57.5 Å². The molecule has 0 bridgehead atoms. The normalized spacial score (nSPS) is 11.0. The molecule has 5 nitrogen and oxygen atoms in total. The van der Waals surface area contributed by atoms with Crippen LogP contribution >= 0.6 is 7.82 Å². The first-order valence-electron chi connectivity index (χ1n) is 12.8. The van der Waals surface area contributed by atoms with Gasteiger partial charge in [-0.1, -0.05) is 129 Å². The zero-order valence-corrected chi connectivity index (χ0v) is 21.1. The second-order valence-corrected chi connectivity index (χ2v) is 9.52. The summed E-state index contributed by atoms with van der Waals surface area (Å²) >= 11 is 0. The van der Waals surface area contributed by atoms with E-state index in [1.54, 1.807) is 0 Å². The number of ether oxygens (including phenoxy) is 1. The number of phosphoric acid groups is 1. The van der Waals surface area contributed by atoms with Crippen molar-refractivity contribution in [3.63, 3.8) is 0 Å². The molecule has 3 N–H and O–H groups in total. The third kappa shape index (κ3) is 49.3. The monoisotopic (exact) mass is 476 g/mol. The maximum absolute atomic E-state index is 8.88. The van der Waals surface area contributed by atoms with E-state index >= 15 is 0 Å². The summed E-state index contributed by atoms with van der Waals surface area (Å²) in [4.78, 5) is 21.6. The first kappa shape index (κ1) is 36.6. The van der Waals surface area contributed by atoms with Gasteiger partial charge in [0.2, 0.25) is 0 Å². The van der Waals surface area contributed by atoms with E-state index in [1.165, 1.54) is 128 Å². The number of hydrogen-bond donors (Lipinski definition) is 3. The molecule has 0 saturated heterocycles. The van der Waals surface area contributed by atoms with Gasteiger partial charge in [-0.15, -0.1) is 0 Å². The predicted octanol–water partition coefficient (Wildman–Crippen LogP) is 7.27. The fourth-order valence-corrected chi connectivity index (χ4v) is 3.49. The topological polar surface area (TPSA) is 87.0 Å². The third-order valence-electron chi connectivity index (χ3n) is 5.28. The van der Waals surface area contributed by atoms with Crippen molar-refractivity contribution in [3.8, 4) is 0 Å². The van der Waals surface area contributed by atoms with Crippen molar-refractivity contribution in [2.75, 3.05) is 13.2 Å². The minimum absolute atomic E-state index is 0. The second kappa shape index (κ2) is 31.1. The molecule has 0 unspecified atom stereocenters. The van der Waals surface area contributed by atoms with Gasteiger partial charge in [0.15, 0.2) is 0 Å². The van der Waals surface area contributed by atoms with Crippen LogP contribution in [0.3, 0.4) is 0 Å². The van der Waals surface area contributed by atoms with Gasteiger partial charge in [-0.05, 0) is 12.8 Å². The summed E-state index contributed by atoms with van der Waals surface area (Å²) in [7, 11) is -4.64. The summed E-state index contributed by atoms with van der Waals surface area (Å²) < 4.78 is 14.7. The summed E-state index contributed by atoms with van der Waals surface area (Å²) in [5, 5.41) is 0. The van der Waals surface area contributed by atoms with Crippen molar-refractivity contribution in [1.29, 1.82) is 0 Å². The van der Waals surface area contributed by atoms with E-state index in [2.05, 4.69) is 13.8 Å². The summed E-state index contributed by atoms with van der Waals surface area (Å²) in [6, 6.07) is 0. The molecular weight excluding hydrogens is 422 g/mol. The second-order valence-electron chi connectivity index (χ2n) is 8.49. The Bertz CT molecular complexity index is 323. The molecule has 0 saturated carbocycles. The molecule has 0 aromatic heterocycles. The van der Waals surface area contributed by atoms with Gasteiger partial charge in [0.1, 0.15) is 0 Å². The maximum atomic E-state index is 8.88. The molecule has 0 aromatic carbocycles. The Morgan fingerprint density at radius 1 is 0.484 bits per heavy atom. The van der Waals surface area contributed by atoms with Crippen LogP contribution in [0.5, 0.6) is 0 Å². The van der Waals surface area contributed by atoms with Crippen LogP contribution in [0.1, 0.15) is 142 Å². The molecule has 0 atom stereocenters. The Morgan fingerprint density at radius 2 is 0.677 bits per heavy atom. The molecule has 0 rings (SSSR count). The Balaban J connectivity index is -0.00000116. The summed E-state index contributed by atoms with van der Waals surface area (Å²) in [6.45, 7) is 6.57. The average Bonchev–Trinajstić information content (AvgIpc) is 2.68. The van der Waals surface area contributed by atoms with Crippen LogP contribution in [0.2, 0.25) is 0 Å². The van der Waals surface area contributed by atoms with Crippen LogP contribution < -0.4 is 0 Å². The average molecular weight is 477 g/mol. The third-order valence-corrected chi connectivity index (χ3v) is 5.28. The van der Waals surface area contributed by atoms with Crippen molar-refractivity contribution < 1.29 is 24.0 Å². The van der Waals surface area contributed by atoms with E-state index in [4.69, 9.17) is 24.0 Å². The SMILES string of the molecule is CCCCCCCCCCCCOCCCCCCCCCCCC.O=P(O)(O)O.[NaH]. The first-order chi connectivity index (χ1) is 14.4. The molecule has 0 heterocycles. The Hall–Kier alpha value is 1.07. The van der Waals surface area contributed by atoms with E-state index in [-0.39, 0.29) is 29.6 Å². The fourth-order valence-electron chi connectivity index (χ4n) is 3.49. The van der Waals surface area contributed by atoms with Crippen LogP contribution in [0, 0.1) is 0 Å². The molecule has 0 amide bonds. The molecular formula is C24H54NaO5P. The van der Waals surface area contributed by atoms with Gasteiger partial charge < -0.3 is 19.4 Å². The molecule has 0 aliphatic heterocycles. The fraction of sp³-hybridized carbons (Fsp3) is 1.00. The molecule has 0 aliphatic carbocycles. The van der Waals surface area contributed by atoms with Gasteiger partial charge in [0.25, 0.3) is 0 Å². The van der Waals surface area contributed by atoms with E-state index in [0.717, 1.165) is 13.2 Å². The van der Waals surface area contributed by atoms with Gasteiger partial charge in [0, 0.05) is 13.2 Å². The molecule has 0 spiro atoms. The molecule has 31 heavy (non-hydrogen) atoms. The molecule has 186 valence electrons. The molecule has 0 aromatic rings. The standard InChI is InChI=1S/C24H50O.Na.H3O4P.H/c1-3-5-7-9-11-13-15-17-19-21-23-25-24-22-20-18-16-14-12-10-8-6-4-2;;1-5(2,3)4;/h3-24H2,1-2H3;;(H3,1,2,3,4);. The first-order valence-corrected chi connectivity index (χ1v) is 14.3. The van der Waals surface area contributed by atoms with Gasteiger partial charge in [0.05, 0.1) is 0 Å². The van der Waals surface area contributed by atoms with Crippen LogP contribution in [0.15, 0.2) is 0 Å². The summed E-state index contributed by atoms with van der Waals surface area (Å²) in [6.07, 6.45) is 28.2. The van der Waals surface area contributed by atoms with E-state index < -0.39 is 7.82 Å². The van der Waals surface area contributed by atoms with Gasteiger partial charge in [-0.3, -0.25) is 0 Å². The van der Waals surface area contributed by atoms with Crippen molar-refractivity contribution >= 4 is 37.4 Å². The van der Waals surface area contributed by atoms with E-state index in [0.29, 0.717) is 0 Å². The molecule has 0 radical (unpaired) electrons. The number of hydrogen-bond acceptors (Lipinski definition) is 2. The van der Waals surface area contributed by atoms with Gasteiger partial charge in [-0.2, -0.15) is 0 Å². The number of rotatable bonds is 22. The zero-order valence-electron chi connectivity index (χ0n) is 20.2. The van der Waals surface area contributed by atoms with E-state index in [9.17, 15) is 0 Å². The predicted molar refractivity (Wildman–Crippen MR) is 136 cm³/mol. The quantitative estimate of drug-likeness (QED) is 0.0869. The van der Waals surface area contributed by atoms with Crippen molar-refractivity contribution in [1.82, 2.24) is 0 Å². The molecule has 0 aliphatic rings. The van der Waals surface area contributed by atoms with Crippen LogP contribution in [0.4, 0.5) is 0 Å². The Kier molecular flexibility index (Phi) is 36.7. The van der Waals surface area contributed by atoms with Crippen molar-refractivity contribution in [3.05, 3.63) is 0 Å². The minimum atomic E-state index is -4.64. The molecule has 0 fully saturated rings. The zero-order chi connectivity index (χ0) is 22.8. The molecule has 7 heteroatoms. The van der Waals surface area contributed by atoms with Crippen LogP contribution in [0.25, 0.3) is 0 Å². The Morgan fingerprint density at radius 3 is 0.903 bits per heavy atom. The van der Waals surface area contributed by atoms with Crippen molar-refractivity contribution in [2.45, 2.75) is 142 Å². The summed E-state index contributed by atoms with van der Waals surface area (Å²) in [5.41, 5.74) is 0. The van der Waals surface area contributed by atoms with Gasteiger partial charge >= 0.3 is 37.4 Å². The Labute approximate surface area is 216 Å². The van der Waals surface area contributed by atoms with Crippen molar-refractivity contribution in [2.24, 2.45) is 0 Å².